The van der Waals surface area contributed by atoms with Crippen molar-refractivity contribution in [2.45, 2.75) is 19.5 Å². The van der Waals surface area contributed by atoms with Gasteiger partial charge in [0.25, 0.3) is 5.56 Å². The van der Waals surface area contributed by atoms with Crippen LogP contribution in [0.5, 0.6) is 11.5 Å². The van der Waals surface area contributed by atoms with Gasteiger partial charge in [-0.2, -0.15) is 5.10 Å². The molecule has 0 bridgehead atoms. The molecule has 1 aromatic heterocycles. The molecule has 9 heteroatoms. The fourth-order valence-electron chi connectivity index (χ4n) is 2.36. The Morgan fingerprint density at radius 1 is 1.24 bits per heavy atom. The number of aromatic nitrogens is 2. The van der Waals surface area contributed by atoms with Gasteiger partial charge in [0, 0.05) is 5.39 Å². The van der Waals surface area contributed by atoms with Crippen LogP contribution in [0.25, 0.3) is 10.8 Å². The van der Waals surface area contributed by atoms with Crippen LogP contribution in [0.3, 0.4) is 0 Å². The van der Waals surface area contributed by atoms with Gasteiger partial charge in [-0.25, -0.2) is 9.48 Å². The van der Waals surface area contributed by atoms with E-state index in [4.69, 9.17) is 9.47 Å². The molecule has 9 nitrogen and oxygen atoms in total. The average molecular weight is 349 g/mol. The number of methoxy groups -OCH3 is 3. The number of carbonyl (C=O) groups excluding carboxylic acids is 2. The van der Waals surface area contributed by atoms with Gasteiger partial charge in [-0.3, -0.25) is 9.59 Å². The number of rotatable bonds is 6. The standard InChI is InChI=1S/C16H19N3O6/c1-9(16(22)25-4)18-12(20)8-19-15(21)13-10(7-17-19)5-6-11(23-2)14(13)24-3/h5-7,9H,8H2,1-4H3,(H,18,20). The van der Waals surface area contributed by atoms with Crippen LogP contribution in [0.2, 0.25) is 0 Å². The van der Waals surface area contributed by atoms with Crippen LogP contribution in [0.1, 0.15) is 6.92 Å². The number of amides is 1. The fourth-order valence-corrected chi connectivity index (χ4v) is 2.36. The number of carbonyl (C=O) groups is 2. The molecule has 1 unspecified atom stereocenters. The molecule has 0 saturated carbocycles. The lowest BCUT2D eigenvalue weighted by molar-refractivity contribution is -0.144. The number of nitrogens with one attached hydrogen (secondary N) is 1. The molecule has 0 aliphatic carbocycles. The molecule has 1 aromatic carbocycles. The molecule has 1 atom stereocenters. The van der Waals surface area contributed by atoms with Crippen molar-refractivity contribution < 1.29 is 23.8 Å². The summed E-state index contributed by atoms with van der Waals surface area (Å²) in [5.74, 6) is -0.467. The number of ether oxygens (including phenoxy) is 3. The smallest absolute Gasteiger partial charge is 0.328 e. The summed E-state index contributed by atoms with van der Waals surface area (Å²) in [5.41, 5.74) is -0.505. The quantitative estimate of drug-likeness (QED) is 0.736. The van der Waals surface area contributed by atoms with E-state index in [1.807, 2.05) is 0 Å². The molecule has 25 heavy (non-hydrogen) atoms. The molecule has 1 amide bonds. The van der Waals surface area contributed by atoms with Crippen molar-refractivity contribution in [3.05, 3.63) is 28.7 Å². The first kappa shape index (κ1) is 18.2. The van der Waals surface area contributed by atoms with Crippen LogP contribution in [0, 0.1) is 0 Å². The molecule has 1 heterocycles. The highest BCUT2D eigenvalue weighted by molar-refractivity contribution is 5.89. The predicted octanol–water partition coefficient (Wildman–Crippen LogP) is 0.0914. The van der Waals surface area contributed by atoms with E-state index in [2.05, 4.69) is 15.2 Å². The minimum absolute atomic E-state index is 0.255. The molecule has 0 fully saturated rings. The van der Waals surface area contributed by atoms with Gasteiger partial charge in [0.05, 0.1) is 32.9 Å². The maximum atomic E-state index is 12.7. The number of esters is 1. The molecule has 1 N–H and O–H groups in total. The lowest BCUT2D eigenvalue weighted by Gasteiger charge is -2.13. The van der Waals surface area contributed by atoms with E-state index < -0.39 is 23.5 Å². The van der Waals surface area contributed by atoms with E-state index in [9.17, 15) is 14.4 Å². The maximum absolute atomic E-state index is 12.7. The molecule has 0 radical (unpaired) electrons. The largest absolute Gasteiger partial charge is 0.493 e. The van der Waals surface area contributed by atoms with Gasteiger partial charge in [0.2, 0.25) is 5.91 Å². The monoisotopic (exact) mass is 349 g/mol. The number of hydrogen-bond donors (Lipinski definition) is 1. The van der Waals surface area contributed by atoms with E-state index in [0.717, 1.165) is 4.68 Å². The first-order valence-electron chi connectivity index (χ1n) is 7.41. The third-order valence-electron chi connectivity index (χ3n) is 3.59. The van der Waals surface area contributed by atoms with Crippen molar-refractivity contribution in [3.63, 3.8) is 0 Å². The number of benzene rings is 1. The zero-order valence-electron chi connectivity index (χ0n) is 14.4. The lowest BCUT2D eigenvalue weighted by atomic mass is 10.1. The molecule has 2 aromatic rings. The molecule has 0 aliphatic heterocycles. The molecule has 2 rings (SSSR count). The van der Waals surface area contributed by atoms with E-state index in [-0.39, 0.29) is 17.7 Å². The Kier molecular flexibility index (Phi) is 5.58. The third-order valence-corrected chi connectivity index (χ3v) is 3.59. The zero-order chi connectivity index (χ0) is 18.6. The summed E-state index contributed by atoms with van der Waals surface area (Å²) in [4.78, 5) is 36.1. The van der Waals surface area contributed by atoms with Gasteiger partial charge in [0.15, 0.2) is 11.5 Å². The Hall–Kier alpha value is -3.10. The van der Waals surface area contributed by atoms with Gasteiger partial charge in [-0.05, 0) is 19.1 Å². The fraction of sp³-hybridized carbons (Fsp3) is 0.375. The van der Waals surface area contributed by atoms with Gasteiger partial charge >= 0.3 is 5.97 Å². The van der Waals surface area contributed by atoms with E-state index in [1.165, 1.54) is 34.4 Å². The molecular formula is C16H19N3O6. The van der Waals surface area contributed by atoms with Gasteiger partial charge in [-0.1, -0.05) is 0 Å². The summed E-state index contributed by atoms with van der Waals surface area (Å²) in [6, 6.07) is 2.51. The summed E-state index contributed by atoms with van der Waals surface area (Å²) in [6.07, 6.45) is 1.45. The van der Waals surface area contributed by atoms with Gasteiger partial charge < -0.3 is 19.5 Å². The van der Waals surface area contributed by atoms with Gasteiger partial charge in [-0.15, -0.1) is 0 Å². The summed E-state index contributed by atoms with van der Waals surface area (Å²) in [7, 11) is 4.11. The van der Waals surface area contributed by atoms with Crippen LogP contribution in [0.15, 0.2) is 23.1 Å². The highest BCUT2D eigenvalue weighted by atomic mass is 16.5. The molecule has 134 valence electrons. The Bertz CT molecular complexity index is 861. The first-order valence-corrected chi connectivity index (χ1v) is 7.41. The molecule has 0 aliphatic rings. The highest BCUT2D eigenvalue weighted by Crippen LogP contribution is 2.32. The second-order valence-electron chi connectivity index (χ2n) is 5.19. The number of fused-ring (bicyclic) bond motifs is 1. The second-order valence-corrected chi connectivity index (χ2v) is 5.19. The summed E-state index contributed by atoms with van der Waals surface area (Å²) in [5, 5.41) is 7.23. The number of hydrogen-bond acceptors (Lipinski definition) is 7. The minimum Gasteiger partial charge on any atom is -0.493 e. The first-order chi connectivity index (χ1) is 11.9. The van der Waals surface area contributed by atoms with Crippen molar-refractivity contribution in [2.75, 3.05) is 21.3 Å². The second kappa shape index (κ2) is 7.65. The predicted molar refractivity (Wildman–Crippen MR) is 88.7 cm³/mol. The number of nitrogens with zero attached hydrogens (tertiary/aromatic N) is 2. The van der Waals surface area contributed by atoms with Crippen LogP contribution < -0.4 is 20.3 Å². The summed E-state index contributed by atoms with van der Waals surface area (Å²) < 4.78 is 16.0. The van der Waals surface area contributed by atoms with Crippen molar-refractivity contribution in [1.82, 2.24) is 15.1 Å². The van der Waals surface area contributed by atoms with Crippen LogP contribution in [-0.4, -0.2) is 49.0 Å². The van der Waals surface area contributed by atoms with Crippen LogP contribution >= 0.6 is 0 Å². The van der Waals surface area contributed by atoms with Crippen LogP contribution in [0.4, 0.5) is 0 Å². The lowest BCUT2D eigenvalue weighted by Crippen LogP contribution is -2.42. The Morgan fingerprint density at radius 3 is 2.56 bits per heavy atom. The Balaban J connectivity index is 2.37. The van der Waals surface area contributed by atoms with Crippen molar-refractivity contribution >= 4 is 22.6 Å². The average Bonchev–Trinajstić information content (AvgIpc) is 2.62. The highest BCUT2D eigenvalue weighted by Gasteiger charge is 2.19. The van der Waals surface area contributed by atoms with Crippen molar-refractivity contribution in [2.24, 2.45) is 0 Å². The van der Waals surface area contributed by atoms with Crippen molar-refractivity contribution in [1.29, 1.82) is 0 Å². The minimum atomic E-state index is -0.830. The summed E-state index contributed by atoms with van der Waals surface area (Å²) >= 11 is 0. The van der Waals surface area contributed by atoms with E-state index >= 15 is 0 Å². The van der Waals surface area contributed by atoms with E-state index in [1.54, 1.807) is 12.1 Å². The third kappa shape index (κ3) is 3.70. The molecular weight excluding hydrogens is 330 g/mol. The maximum Gasteiger partial charge on any atom is 0.328 e. The van der Waals surface area contributed by atoms with E-state index in [0.29, 0.717) is 11.1 Å². The SMILES string of the molecule is COC(=O)C(C)NC(=O)Cn1ncc2ccc(OC)c(OC)c2c1=O. The molecule has 0 saturated heterocycles. The van der Waals surface area contributed by atoms with Crippen LogP contribution in [-0.2, 0) is 20.9 Å². The zero-order valence-corrected chi connectivity index (χ0v) is 14.4. The normalized spacial score (nSPS) is 11.7. The Morgan fingerprint density at radius 2 is 1.96 bits per heavy atom. The molecule has 0 spiro atoms. The van der Waals surface area contributed by atoms with Gasteiger partial charge in [0.1, 0.15) is 12.6 Å². The Labute approximate surface area is 143 Å². The van der Waals surface area contributed by atoms with Crippen molar-refractivity contribution in [3.8, 4) is 11.5 Å². The topological polar surface area (TPSA) is 109 Å². The summed E-state index contributed by atoms with van der Waals surface area (Å²) in [6.45, 7) is 1.13.